The average molecular weight is 399 g/mol. The van der Waals surface area contributed by atoms with Gasteiger partial charge in [0, 0.05) is 28.8 Å². The Morgan fingerprint density at radius 1 is 0.867 bits per heavy atom. The maximum atomic E-state index is 9.03. The molecule has 0 radical (unpaired) electrons. The van der Waals surface area contributed by atoms with Crippen LogP contribution in [-0.2, 0) is 0 Å². The summed E-state index contributed by atoms with van der Waals surface area (Å²) in [4.78, 5) is 3.45. The number of fused-ring (bicyclic) bond motifs is 1. The summed E-state index contributed by atoms with van der Waals surface area (Å²) in [5, 5.41) is 13.5. The van der Waals surface area contributed by atoms with Gasteiger partial charge in [-0.05, 0) is 23.8 Å². The van der Waals surface area contributed by atoms with Crippen molar-refractivity contribution in [1.82, 2.24) is 4.98 Å². The molecular weight excluding hydrogens is 378 g/mol. The molecule has 1 heterocycles. The Labute approximate surface area is 174 Å². The van der Waals surface area contributed by atoms with Crippen LogP contribution < -0.4 is 19.5 Å². The van der Waals surface area contributed by atoms with Gasteiger partial charge in [-0.3, -0.25) is 0 Å². The lowest BCUT2D eigenvalue weighted by Gasteiger charge is -2.14. The van der Waals surface area contributed by atoms with Crippen LogP contribution in [0.2, 0.25) is 0 Å². The fourth-order valence-electron chi connectivity index (χ4n) is 3.50. The fraction of sp³-hybridized carbons (Fsp3) is 0.125. The van der Waals surface area contributed by atoms with Crippen molar-refractivity contribution in [3.8, 4) is 34.4 Å². The highest BCUT2D eigenvalue weighted by Gasteiger charge is 2.14. The Kier molecular flexibility index (Phi) is 5.19. The maximum Gasteiger partial charge on any atom is 0.203 e. The second kappa shape index (κ2) is 8.10. The molecule has 2 N–H and O–H groups in total. The third kappa shape index (κ3) is 3.49. The number of methoxy groups -OCH3 is 3. The number of hydrogen-bond donors (Lipinski definition) is 2. The quantitative estimate of drug-likeness (QED) is 0.449. The maximum absolute atomic E-state index is 9.03. The lowest BCUT2D eigenvalue weighted by Crippen LogP contribution is -1.98. The molecule has 0 bridgehead atoms. The lowest BCUT2D eigenvalue weighted by atomic mass is 10.0. The number of nitrogens with one attached hydrogen (secondary N) is 2. The molecule has 0 saturated heterocycles. The van der Waals surface area contributed by atoms with Gasteiger partial charge in [0.05, 0.1) is 38.5 Å². The average Bonchev–Trinajstić information content (AvgIpc) is 3.20. The molecule has 150 valence electrons. The van der Waals surface area contributed by atoms with Crippen molar-refractivity contribution in [2.45, 2.75) is 0 Å². The van der Waals surface area contributed by atoms with Crippen molar-refractivity contribution in [2.24, 2.45) is 0 Å². The highest BCUT2D eigenvalue weighted by atomic mass is 16.5. The summed E-state index contributed by atoms with van der Waals surface area (Å²) >= 11 is 0. The Bertz CT molecular complexity index is 1210. The van der Waals surface area contributed by atoms with Crippen molar-refractivity contribution in [1.29, 1.82) is 5.26 Å². The first-order valence-electron chi connectivity index (χ1n) is 9.36. The molecule has 0 aliphatic heterocycles. The molecule has 4 aromatic rings. The largest absolute Gasteiger partial charge is 0.493 e. The van der Waals surface area contributed by atoms with Gasteiger partial charge in [-0.1, -0.05) is 30.3 Å². The molecule has 3 aromatic carbocycles. The SMILES string of the molecule is COc1cc(Nc2cc3cccc(-c4ccc(C#N)cc4)c3[nH]2)cc(OC)c1OC. The number of aromatic amines is 1. The van der Waals surface area contributed by atoms with Crippen molar-refractivity contribution in [3.05, 3.63) is 66.2 Å². The first kappa shape index (κ1) is 19.2. The van der Waals surface area contributed by atoms with Gasteiger partial charge < -0.3 is 24.5 Å². The molecule has 0 unspecified atom stereocenters. The number of benzene rings is 3. The van der Waals surface area contributed by atoms with Crippen LogP contribution in [0.1, 0.15) is 5.56 Å². The molecule has 0 aliphatic rings. The molecule has 4 rings (SSSR count). The van der Waals surface area contributed by atoms with Crippen LogP contribution in [0.15, 0.2) is 60.7 Å². The minimum atomic E-state index is 0.547. The van der Waals surface area contributed by atoms with Crippen molar-refractivity contribution in [3.63, 3.8) is 0 Å². The van der Waals surface area contributed by atoms with Gasteiger partial charge in [0.1, 0.15) is 5.82 Å². The van der Waals surface area contributed by atoms with E-state index in [1.165, 1.54) is 0 Å². The van der Waals surface area contributed by atoms with Crippen LogP contribution in [0.3, 0.4) is 0 Å². The highest BCUT2D eigenvalue weighted by molar-refractivity contribution is 5.97. The third-order valence-electron chi connectivity index (χ3n) is 4.92. The third-order valence-corrected chi connectivity index (χ3v) is 4.92. The number of nitrogens with zero attached hydrogens (tertiary/aromatic N) is 1. The summed E-state index contributed by atoms with van der Waals surface area (Å²) in [7, 11) is 4.76. The van der Waals surface area contributed by atoms with Crippen LogP contribution in [0.25, 0.3) is 22.0 Å². The van der Waals surface area contributed by atoms with E-state index in [9.17, 15) is 0 Å². The topological polar surface area (TPSA) is 79.3 Å². The number of anilines is 2. The normalized spacial score (nSPS) is 10.5. The van der Waals surface area contributed by atoms with Gasteiger partial charge in [-0.2, -0.15) is 5.26 Å². The number of rotatable bonds is 6. The molecule has 1 aromatic heterocycles. The van der Waals surface area contributed by atoms with E-state index in [0.717, 1.165) is 33.5 Å². The number of para-hydroxylation sites is 1. The summed E-state index contributed by atoms with van der Waals surface area (Å²) in [5.41, 5.74) is 4.56. The highest BCUT2D eigenvalue weighted by Crippen LogP contribution is 2.41. The molecular formula is C24H21N3O3. The number of H-pyrrole nitrogens is 1. The smallest absolute Gasteiger partial charge is 0.203 e. The number of hydrogen-bond acceptors (Lipinski definition) is 5. The van der Waals surface area contributed by atoms with E-state index < -0.39 is 0 Å². The Hall–Kier alpha value is -4.11. The Morgan fingerprint density at radius 3 is 2.17 bits per heavy atom. The standard InChI is InChI=1S/C24H21N3O3/c1-28-20-12-18(13-21(29-2)24(20)30-3)26-22-11-17-5-4-6-19(23(17)27-22)16-9-7-15(14-25)8-10-16/h4-13,26-27H,1-3H3. The molecule has 0 spiro atoms. The van der Waals surface area contributed by atoms with E-state index in [4.69, 9.17) is 19.5 Å². The molecule has 6 heteroatoms. The molecule has 0 saturated carbocycles. The monoisotopic (exact) mass is 399 g/mol. The molecule has 6 nitrogen and oxygen atoms in total. The summed E-state index contributed by atoms with van der Waals surface area (Å²) in [6.45, 7) is 0. The predicted molar refractivity (Wildman–Crippen MR) is 118 cm³/mol. The lowest BCUT2D eigenvalue weighted by molar-refractivity contribution is 0.324. The number of aromatic nitrogens is 1. The molecule has 0 atom stereocenters. The zero-order chi connectivity index (χ0) is 21.1. The molecule has 0 aliphatic carbocycles. The summed E-state index contributed by atoms with van der Waals surface area (Å²) in [5.74, 6) is 2.54. The summed E-state index contributed by atoms with van der Waals surface area (Å²) in [6, 6.07) is 21.6. The summed E-state index contributed by atoms with van der Waals surface area (Å²) < 4.78 is 16.3. The van der Waals surface area contributed by atoms with Gasteiger partial charge in [0.2, 0.25) is 5.75 Å². The Balaban J connectivity index is 1.72. The van der Waals surface area contributed by atoms with Crippen molar-refractivity contribution in [2.75, 3.05) is 26.6 Å². The van der Waals surface area contributed by atoms with E-state index in [2.05, 4.69) is 28.5 Å². The van der Waals surface area contributed by atoms with Gasteiger partial charge in [-0.25, -0.2) is 0 Å². The van der Waals surface area contributed by atoms with Crippen LogP contribution in [0, 0.1) is 11.3 Å². The van der Waals surface area contributed by atoms with Crippen LogP contribution in [0.4, 0.5) is 11.5 Å². The van der Waals surface area contributed by atoms with Gasteiger partial charge in [0.15, 0.2) is 11.5 Å². The molecule has 30 heavy (non-hydrogen) atoms. The number of nitriles is 1. The van der Waals surface area contributed by atoms with Crippen molar-refractivity contribution >= 4 is 22.4 Å². The Morgan fingerprint density at radius 2 is 1.57 bits per heavy atom. The van der Waals surface area contributed by atoms with E-state index in [1.807, 2.05) is 48.5 Å². The van der Waals surface area contributed by atoms with Gasteiger partial charge >= 0.3 is 0 Å². The van der Waals surface area contributed by atoms with E-state index >= 15 is 0 Å². The zero-order valence-corrected chi connectivity index (χ0v) is 16.9. The van der Waals surface area contributed by atoms with E-state index in [-0.39, 0.29) is 0 Å². The van der Waals surface area contributed by atoms with E-state index in [0.29, 0.717) is 22.8 Å². The second-order valence-corrected chi connectivity index (χ2v) is 6.68. The minimum Gasteiger partial charge on any atom is -0.493 e. The van der Waals surface area contributed by atoms with E-state index in [1.54, 1.807) is 21.3 Å². The predicted octanol–water partition coefficient (Wildman–Crippen LogP) is 5.48. The van der Waals surface area contributed by atoms with Crippen LogP contribution in [0.5, 0.6) is 17.2 Å². The summed E-state index contributed by atoms with van der Waals surface area (Å²) in [6.07, 6.45) is 0. The molecule has 0 amide bonds. The van der Waals surface area contributed by atoms with Crippen LogP contribution in [-0.4, -0.2) is 26.3 Å². The van der Waals surface area contributed by atoms with Crippen molar-refractivity contribution < 1.29 is 14.2 Å². The second-order valence-electron chi connectivity index (χ2n) is 6.68. The zero-order valence-electron chi connectivity index (χ0n) is 16.9. The number of ether oxygens (including phenoxy) is 3. The minimum absolute atomic E-state index is 0.547. The first-order chi connectivity index (χ1) is 14.7. The molecule has 0 fully saturated rings. The van der Waals surface area contributed by atoms with Gasteiger partial charge in [-0.15, -0.1) is 0 Å². The first-order valence-corrected chi connectivity index (χ1v) is 9.36. The van der Waals surface area contributed by atoms with Crippen LogP contribution >= 0.6 is 0 Å². The fourth-order valence-corrected chi connectivity index (χ4v) is 3.50. The van der Waals surface area contributed by atoms with Gasteiger partial charge in [0.25, 0.3) is 0 Å².